The summed E-state index contributed by atoms with van der Waals surface area (Å²) in [5.74, 6) is -0.627. The summed E-state index contributed by atoms with van der Waals surface area (Å²) in [6.07, 6.45) is 2.73. The minimum absolute atomic E-state index is 0.109. The molecule has 3 N–H and O–H groups in total. The number of hydrogen-bond acceptors (Lipinski definition) is 3. The molecular weight excluding hydrogens is 267 g/mol. The molecule has 0 aliphatic heterocycles. The van der Waals surface area contributed by atoms with E-state index in [0.717, 1.165) is 19.3 Å². The highest BCUT2D eigenvalue weighted by molar-refractivity contribution is 7.88. The van der Waals surface area contributed by atoms with Crippen molar-refractivity contribution in [3.8, 4) is 0 Å². The summed E-state index contributed by atoms with van der Waals surface area (Å²) in [6.45, 7) is 0.479. The average molecular weight is 286 g/mol. The summed E-state index contributed by atoms with van der Waals surface area (Å²) in [5, 5.41) is 0. The fourth-order valence-electron chi connectivity index (χ4n) is 2.57. The molecule has 1 aliphatic rings. The molecule has 1 aliphatic carbocycles. The lowest BCUT2D eigenvalue weighted by atomic mass is 10.1. The largest absolute Gasteiger partial charge is 0.330 e. The van der Waals surface area contributed by atoms with Crippen LogP contribution in [0.5, 0.6) is 0 Å². The maximum absolute atomic E-state index is 13.5. The molecule has 2 unspecified atom stereocenters. The first-order valence-electron chi connectivity index (χ1n) is 6.45. The first-order valence-corrected chi connectivity index (χ1v) is 8.10. The van der Waals surface area contributed by atoms with E-state index in [-0.39, 0.29) is 23.3 Å². The van der Waals surface area contributed by atoms with Gasteiger partial charge in [-0.05, 0) is 31.4 Å². The quantitative estimate of drug-likeness (QED) is 0.858. The Morgan fingerprint density at radius 2 is 2.05 bits per heavy atom. The normalized spacial score (nSPS) is 23.7. The molecule has 1 fully saturated rings. The summed E-state index contributed by atoms with van der Waals surface area (Å²) in [7, 11) is -3.53. The van der Waals surface area contributed by atoms with Gasteiger partial charge in [-0.3, -0.25) is 0 Å². The van der Waals surface area contributed by atoms with E-state index in [4.69, 9.17) is 5.73 Å². The lowest BCUT2D eigenvalue weighted by Crippen LogP contribution is -2.40. The zero-order valence-electron chi connectivity index (χ0n) is 10.7. The zero-order valence-corrected chi connectivity index (χ0v) is 11.5. The number of hydrogen-bond donors (Lipinski definition) is 2. The molecule has 0 spiro atoms. The van der Waals surface area contributed by atoms with Gasteiger partial charge in [0.1, 0.15) is 5.82 Å². The Kier molecular flexibility index (Phi) is 4.54. The number of nitrogens with two attached hydrogens (primary N) is 1. The van der Waals surface area contributed by atoms with Crippen molar-refractivity contribution < 1.29 is 12.8 Å². The van der Waals surface area contributed by atoms with E-state index in [2.05, 4.69) is 4.72 Å². The summed E-state index contributed by atoms with van der Waals surface area (Å²) in [5.41, 5.74) is 5.82. The molecular formula is C13H19FN2O2S. The summed E-state index contributed by atoms with van der Waals surface area (Å²) in [4.78, 5) is 0. The third-order valence-electron chi connectivity index (χ3n) is 3.60. The summed E-state index contributed by atoms with van der Waals surface area (Å²) < 4.78 is 40.2. The predicted molar refractivity (Wildman–Crippen MR) is 72.3 cm³/mol. The van der Waals surface area contributed by atoms with Crippen molar-refractivity contribution >= 4 is 10.0 Å². The van der Waals surface area contributed by atoms with Gasteiger partial charge in [-0.15, -0.1) is 0 Å². The molecule has 0 amide bonds. The fraction of sp³-hybridized carbons (Fsp3) is 0.538. The van der Waals surface area contributed by atoms with Gasteiger partial charge in [0, 0.05) is 11.6 Å². The van der Waals surface area contributed by atoms with Gasteiger partial charge in [-0.1, -0.05) is 24.6 Å². The first-order chi connectivity index (χ1) is 9.02. The highest BCUT2D eigenvalue weighted by atomic mass is 32.2. The highest BCUT2D eigenvalue weighted by Gasteiger charge is 2.29. The van der Waals surface area contributed by atoms with Gasteiger partial charge in [0.2, 0.25) is 10.0 Å². The van der Waals surface area contributed by atoms with Crippen molar-refractivity contribution in [1.82, 2.24) is 4.72 Å². The summed E-state index contributed by atoms with van der Waals surface area (Å²) >= 11 is 0. The van der Waals surface area contributed by atoms with Gasteiger partial charge in [0.15, 0.2) is 0 Å². The van der Waals surface area contributed by atoms with E-state index in [1.54, 1.807) is 12.1 Å². The molecule has 1 aromatic carbocycles. The van der Waals surface area contributed by atoms with Crippen molar-refractivity contribution in [2.45, 2.75) is 31.1 Å². The number of sulfonamides is 1. The van der Waals surface area contributed by atoms with Crippen molar-refractivity contribution in [2.75, 3.05) is 6.54 Å². The van der Waals surface area contributed by atoms with E-state index >= 15 is 0 Å². The van der Waals surface area contributed by atoms with Gasteiger partial charge in [-0.2, -0.15) is 0 Å². The molecule has 19 heavy (non-hydrogen) atoms. The van der Waals surface area contributed by atoms with Crippen LogP contribution in [0.2, 0.25) is 0 Å². The van der Waals surface area contributed by atoms with Gasteiger partial charge in [0.25, 0.3) is 0 Å². The molecule has 4 nitrogen and oxygen atoms in total. The van der Waals surface area contributed by atoms with Gasteiger partial charge in [-0.25, -0.2) is 17.5 Å². The molecule has 0 radical (unpaired) electrons. The Balaban J connectivity index is 2.05. The lowest BCUT2D eigenvalue weighted by molar-refractivity contribution is 0.452. The second-order valence-electron chi connectivity index (χ2n) is 5.00. The number of nitrogens with one attached hydrogen (secondary N) is 1. The molecule has 106 valence electrons. The predicted octanol–water partition coefficient (Wildman–Crippen LogP) is 1.37. The maximum Gasteiger partial charge on any atom is 0.216 e. The van der Waals surface area contributed by atoms with Crippen molar-refractivity contribution in [1.29, 1.82) is 0 Å². The molecule has 0 heterocycles. The van der Waals surface area contributed by atoms with E-state index in [0.29, 0.717) is 6.54 Å². The average Bonchev–Trinajstić information content (AvgIpc) is 2.78. The van der Waals surface area contributed by atoms with Crippen LogP contribution in [0.15, 0.2) is 24.3 Å². The molecule has 2 rings (SSSR count). The topological polar surface area (TPSA) is 72.2 Å². The smallest absolute Gasteiger partial charge is 0.216 e. The van der Waals surface area contributed by atoms with Crippen LogP contribution in [0.4, 0.5) is 4.39 Å². The highest BCUT2D eigenvalue weighted by Crippen LogP contribution is 2.25. The molecule has 2 atom stereocenters. The number of benzene rings is 1. The zero-order chi connectivity index (χ0) is 13.9. The van der Waals surface area contributed by atoms with Gasteiger partial charge < -0.3 is 5.73 Å². The molecule has 0 saturated heterocycles. The van der Waals surface area contributed by atoms with Crippen LogP contribution in [0.1, 0.15) is 24.8 Å². The fourth-order valence-corrected chi connectivity index (χ4v) is 4.07. The number of rotatable bonds is 5. The Labute approximate surface area is 113 Å². The van der Waals surface area contributed by atoms with Crippen LogP contribution in [0, 0.1) is 11.7 Å². The minimum atomic E-state index is -3.53. The lowest BCUT2D eigenvalue weighted by Gasteiger charge is -2.19. The Morgan fingerprint density at radius 3 is 2.74 bits per heavy atom. The minimum Gasteiger partial charge on any atom is -0.330 e. The van der Waals surface area contributed by atoms with Crippen LogP contribution in [0.3, 0.4) is 0 Å². The van der Waals surface area contributed by atoms with Crippen LogP contribution >= 0.6 is 0 Å². The Morgan fingerprint density at radius 1 is 1.32 bits per heavy atom. The molecule has 0 bridgehead atoms. The van der Waals surface area contributed by atoms with E-state index in [1.165, 1.54) is 12.1 Å². The molecule has 0 aromatic heterocycles. The second-order valence-corrected chi connectivity index (χ2v) is 6.76. The van der Waals surface area contributed by atoms with Crippen LogP contribution in [-0.2, 0) is 15.8 Å². The molecule has 6 heteroatoms. The van der Waals surface area contributed by atoms with Gasteiger partial charge >= 0.3 is 0 Å². The first kappa shape index (κ1) is 14.4. The van der Waals surface area contributed by atoms with E-state index < -0.39 is 15.8 Å². The van der Waals surface area contributed by atoms with Crippen molar-refractivity contribution in [3.05, 3.63) is 35.6 Å². The summed E-state index contributed by atoms with van der Waals surface area (Å²) in [6, 6.07) is 5.82. The Hall–Kier alpha value is -0.980. The maximum atomic E-state index is 13.5. The second kappa shape index (κ2) is 5.98. The molecule has 1 aromatic rings. The monoisotopic (exact) mass is 286 g/mol. The van der Waals surface area contributed by atoms with E-state index in [1.807, 2.05) is 0 Å². The standard InChI is InChI=1S/C13H19FN2O2S/c14-12-6-2-1-4-11(12)9-19(17,18)16-13-7-3-5-10(13)8-15/h1-2,4,6,10,13,16H,3,5,7-9,15H2. The third kappa shape index (κ3) is 3.75. The van der Waals surface area contributed by atoms with Crippen LogP contribution < -0.4 is 10.5 Å². The van der Waals surface area contributed by atoms with Gasteiger partial charge in [0.05, 0.1) is 5.75 Å². The number of halogens is 1. The molecule has 1 saturated carbocycles. The van der Waals surface area contributed by atoms with Crippen molar-refractivity contribution in [3.63, 3.8) is 0 Å². The van der Waals surface area contributed by atoms with Crippen LogP contribution in [0.25, 0.3) is 0 Å². The van der Waals surface area contributed by atoms with E-state index in [9.17, 15) is 12.8 Å². The SMILES string of the molecule is NCC1CCCC1NS(=O)(=O)Cc1ccccc1F. The van der Waals surface area contributed by atoms with Crippen LogP contribution in [-0.4, -0.2) is 21.0 Å². The van der Waals surface area contributed by atoms with Crippen molar-refractivity contribution in [2.24, 2.45) is 11.7 Å². The Bertz CT molecular complexity index is 533. The third-order valence-corrected chi connectivity index (χ3v) is 4.95.